The van der Waals surface area contributed by atoms with Gasteiger partial charge >= 0.3 is 5.97 Å². The van der Waals surface area contributed by atoms with Crippen LogP contribution in [0.5, 0.6) is 0 Å². The summed E-state index contributed by atoms with van der Waals surface area (Å²) < 4.78 is 13.3. The van der Waals surface area contributed by atoms with E-state index in [0.717, 1.165) is 12.5 Å². The number of carboxylic acids is 1. The molecule has 0 radical (unpaired) electrons. The highest BCUT2D eigenvalue weighted by atomic mass is 19.1. The zero-order valence-electron chi connectivity index (χ0n) is 10.8. The van der Waals surface area contributed by atoms with Crippen molar-refractivity contribution in [2.24, 2.45) is 5.92 Å². The molecule has 0 spiro atoms. The molecule has 19 heavy (non-hydrogen) atoms. The van der Waals surface area contributed by atoms with E-state index in [9.17, 15) is 9.18 Å². The summed E-state index contributed by atoms with van der Waals surface area (Å²) in [4.78, 5) is 11.1. The van der Waals surface area contributed by atoms with Crippen molar-refractivity contribution in [1.29, 1.82) is 0 Å². The first kappa shape index (κ1) is 15.2. The second-order valence-corrected chi connectivity index (χ2v) is 4.36. The molecule has 0 aliphatic heterocycles. The minimum atomic E-state index is -1.27. The molecule has 0 saturated heterocycles. The van der Waals surface area contributed by atoms with Crippen molar-refractivity contribution in [3.8, 4) is 0 Å². The number of hydrogen-bond acceptors (Lipinski definition) is 4. The number of carbonyl (C=O) groups is 1. The molecule has 6 heteroatoms. The van der Waals surface area contributed by atoms with Crippen molar-refractivity contribution in [2.75, 3.05) is 24.2 Å². The second kappa shape index (κ2) is 6.94. The van der Waals surface area contributed by atoms with Crippen molar-refractivity contribution in [3.63, 3.8) is 0 Å². The van der Waals surface area contributed by atoms with Crippen molar-refractivity contribution in [2.45, 2.75) is 19.8 Å². The summed E-state index contributed by atoms with van der Waals surface area (Å²) in [7, 11) is 0. The number of hydrogen-bond donors (Lipinski definition) is 4. The van der Waals surface area contributed by atoms with Crippen LogP contribution >= 0.6 is 0 Å². The van der Waals surface area contributed by atoms with Gasteiger partial charge in [-0.25, -0.2) is 9.18 Å². The van der Waals surface area contributed by atoms with E-state index in [1.807, 2.05) is 6.92 Å². The Bertz CT molecular complexity index is 452. The number of halogens is 1. The van der Waals surface area contributed by atoms with Crippen LogP contribution in [0.3, 0.4) is 0 Å². The molecular formula is C13H19FN2O3. The van der Waals surface area contributed by atoms with E-state index in [-0.39, 0.29) is 23.8 Å². The molecule has 1 aromatic carbocycles. The fraction of sp³-hybridized carbons (Fsp3) is 0.462. The van der Waals surface area contributed by atoms with Gasteiger partial charge in [0.25, 0.3) is 0 Å². The lowest BCUT2D eigenvalue weighted by Gasteiger charge is -2.17. The summed E-state index contributed by atoms with van der Waals surface area (Å²) in [5.41, 5.74) is 5.12. The maximum Gasteiger partial charge on any atom is 0.340 e. The molecule has 0 fully saturated rings. The van der Waals surface area contributed by atoms with Crippen molar-refractivity contribution in [3.05, 3.63) is 23.5 Å². The number of nitrogen functional groups attached to an aromatic ring is 1. The molecule has 0 aliphatic rings. The molecule has 1 unspecified atom stereocenters. The lowest BCUT2D eigenvalue weighted by atomic mass is 10.0. The largest absolute Gasteiger partial charge is 0.478 e. The Morgan fingerprint density at radius 3 is 2.74 bits per heavy atom. The van der Waals surface area contributed by atoms with Crippen molar-refractivity contribution in [1.82, 2.24) is 0 Å². The quantitative estimate of drug-likeness (QED) is 0.568. The van der Waals surface area contributed by atoms with Crippen LogP contribution in [0, 0.1) is 11.7 Å². The number of anilines is 2. The van der Waals surface area contributed by atoms with Gasteiger partial charge in [0.1, 0.15) is 11.4 Å². The number of aliphatic hydroxyl groups excluding tert-OH is 1. The van der Waals surface area contributed by atoms with E-state index in [1.165, 1.54) is 6.07 Å². The second-order valence-electron chi connectivity index (χ2n) is 4.36. The normalized spacial score (nSPS) is 12.2. The van der Waals surface area contributed by atoms with Crippen LogP contribution in [-0.4, -0.2) is 29.3 Å². The third-order valence-corrected chi connectivity index (χ3v) is 3.10. The lowest BCUT2D eigenvalue weighted by molar-refractivity contribution is 0.0698. The highest BCUT2D eigenvalue weighted by Crippen LogP contribution is 2.25. The number of nitrogens with one attached hydrogen (secondary N) is 1. The molecule has 106 valence electrons. The van der Waals surface area contributed by atoms with Crippen LogP contribution in [0.25, 0.3) is 0 Å². The Kier molecular flexibility index (Phi) is 5.57. The standard InChI is InChI=1S/C13H19FN2O3/c1-2-8(5-6-17)7-16-10-4-3-9(14)12(15)11(10)13(18)19/h3-4,8,16-17H,2,5-7,15H2,1H3,(H,18,19). The first-order chi connectivity index (χ1) is 9.01. The summed E-state index contributed by atoms with van der Waals surface area (Å²) in [6.45, 7) is 2.57. The van der Waals surface area contributed by atoms with E-state index in [2.05, 4.69) is 5.32 Å². The Hall–Kier alpha value is -1.82. The zero-order chi connectivity index (χ0) is 14.4. The smallest absolute Gasteiger partial charge is 0.340 e. The average Bonchev–Trinajstić information content (AvgIpc) is 2.37. The van der Waals surface area contributed by atoms with E-state index >= 15 is 0 Å². The summed E-state index contributed by atoms with van der Waals surface area (Å²) in [6.07, 6.45) is 1.48. The van der Waals surface area contributed by atoms with E-state index in [1.54, 1.807) is 0 Å². The molecule has 5 nitrogen and oxygen atoms in total. The number of aromatic carboxylic acids is 1. The highest BCUT2D eigenvalue weighted by molar-refractivity contribution is 6.00. The fourth-order valence-corrected chi connectivity index (χ4v) is 1.86. The predicted octanol–water partition coefficient (Wildman–Crippen LogP) is 1.93. The van der Waals surface area contributed by atoms with E-state index in [4.69, 9.17) is 15.9 Å². The number of rotatable bonds is 7. The monoisotopic (exact) mass is 270 g/mol. The molecular weight excluding hydrogens is 251 g/mol. The van der Waals surface area contributed by atoms with Crippen LogP contribution in [0.1, 0.15) is 30.1 Å². The molecule has 0 saturated carbocycles. The van der Waals surface area contributed by atoms with Crippen molar-refractivity contribution >= 4 is 17.3 Å². The van der Waals surface area contributed by atoms with E-state index < -0.39 is 11.8 Å². The third-order valence-electron chi connectivity index (χ3n) is 3.10. The molecule has 0 aliphatic carbocycles. The van der Waals surface area contributed by atoms with E-state index in [0.29, 0.717) is 18.7 Å². The first-order valence-electron chi connectivity index (χ1n) is 6.17. The third kappa shape index (κ3) is 3.82. The molecule has 0 bridgehead atoms. The van der Waals surface area contributed by atoms with Gasteiger partial charge in [0, 0.05) is 13.2 Å². The van der Waals surface area contributed by atoms with Gasteiger partial charge in [-0.2, -0.15) is 0 Å². The van der Waals surface area contributed by atoms with Gasteiger partial charge in [0.2, 0.25) is 0 Å². The van der Waals surface area contributed by atoms with Gasteiger partial charge < -0.3 is 21.3 Å². The summed E-state index contributed by atoms with van der Waals surface area (Å²) in [5.74, 6) is -1.79. The van der Waals surface area contributed by atoms with Gasteiger partial charge in [0.15, 0.2) is 0 Å². The Balaban J connectivity index is 2.89. The lowest BCUT2D eigenvalue weighted by Crippen LogP contribution is -2.17. The number of aliphatic hydroxyl groups is 1. The Morgan fingerprint density at radius 2 is 2.21 bits per heavy atom. The average molecular weight is 270 g/mol. The molecule has 5 N–H and O–H groups in total. The SMILES string of the molecule is CCC(CCO)CNc1ccc(F)c(N)c1C(=O)O. The number of carboxylic acid groups (broad SMARTS) is 1. The summed E-state index contributed by atoms with van der Waals surface area (Å²) in [6, 6.07) is 2.50. The molecule has 0 heterocycles. The number of nitrogens with two attached hydrogens (primary N) is 1. The first-order valence-corrected chi connectivity index (χ1v) is 6.17. The summed E-state index contributed by atoms with van der Waals surface area (Å²) >= 11 is 0. The minimum Gasteiger partial charge on any atom is -0.478 e. The van der Waals surface area contributed by atoms with Gasteiger partial charge in [-0.15, -0.1) is 0 Å². The fourth-order valence-electron chi connectivity index (χ4n) is 1.86. The van der Waals surface area contributed by atoms with Crippen LogP contribution in [0.4, 0.5) is 15.8 Å². The highest BCUT2D eigenvalue weighted by Gasteiger charge is 2.18. The van der Waals surface area contributed by atoms with Gasteiger partial charge in [-0.1, -0.05) is 13.3 Å². The molecule has 0 amide bonds. The van der Waals surface area contributed by atoms with Crippen LogP contribution < -0.4 is 11.1 Å². The zero-order valence-corrected chi connectivity index (χ0v) is 10.8. The van der Waals surface area contributed by atoms with Gasteiger partial charge in [-0.05, 0) is 24.5 Å². The Morgan fingerprint density at radius 1 is 1.53 bits per heavy atom. The number of benzene rings is 1. The molecule has 1 atom stereocenters. The maximum absolute atomic E-state index is 13.3. The van der Waals surface area contributed by atoms with Crippen LogP contribution in [0.2, 0.25) is 0 Å². The maximum atomic E-state index is 13.3. The van der Waals surface area contributed by atoms with Gasteiger partial charge in [0.05, 0.1) is 11.4 Å². The predicted molar refractivity (Wildman–Crippen MR) is 71.7 cm³/mol. The minimum absolute atomic E-state index is 0.0809. The van der Waals surface area contributed by atoms with Crippen LogP contribution in [0.15, 0.2) is 12.1 Å². The summed E-state index contributed by atoms with van der Waals surface area (Å²) in [5, 5.41) is 20.9. The molecule has 0 aromatic heterocycles. The topological polar surface area (TPSA) is 95.6 Å². The van der Waals surface area contributed by atoms with Crippen molar-refractivity contribution < 1.29 is 19.4 Å². The Labute approximate surface area is 111 Å². The molecule has 1 aromatic rings. The van der Waals surface area contributed by atoms with Gasteiger partial charge in [-0.3, -0.25) is 0 Å². The molecule has 1 rings (SSSR count). The van der Waals surface area contributed by atoms with Crippen LogP contribution in [-0.2, 0) is 0 Å².